The number of aliphatic hydroxyl groups excluding tert-OH is 1. The van der Waals surface area contributed by atoms with Crippen molar-refractivity contribution in [2.75, 3.05) is 13.2 Å². The average molecular weight is 245 g/mol. The van der Waals surface area contributed by atoms with Gasteiger partial charge in [0, 0.05) is 24.0 Å². The van der Waals surface area contributed by atoms with Crippen molar-refractivity contribution in [3.05, 3.63) is 34.6 Å². The molecular formula is C12H14ClFO2. The smallest absolute Gasteiger partial charge is 0.124 e. The van der Waals surface area contributed by atoms with Crippen LogP contribution in [0.5, 0.6) is 0 Å². The number of hydrogen-bond acceptors (Lipinski definition) is 2. The summed E-state index contributed by atoms with van der Waals surface area (Å²) in [6.07, 6.45) is 0.859. The molecule has 0 radical (unpaired) electrons. The second-order valence-corrected chi connectivity index (χ2v) is 4.54. The third-order valence-electron chi connectivity index (χ3n) is 2.95. The van der Waals surface area contributed by atoms with Crippen LogP contribution in [-0.2, 0) is 11.2 Å². The Labute approximate surface area is 99.0 Å². The van der Waals surface area contributed by atoms with Crippen LogP contribution in [0.15, 0.2) is 18.2 Å². The number of rotatable bonds is 3. The highest BCUT2D eigenvalue weighted by atomic mass is 35.5. The summed E-state index contributed by atoms with van der Waals surface area (Å²) in [5.74, 6) is -0.187. The number of hydrogen-bond donors (Lipinski definition) is 1. The zero-order valence-electron chi connectivity index (χ0n) is 8.83. The van der Waals surface area contributed by atoms with E-state index in [4.69, 9.17) is 16.3 Å². The van der Waals surface area contributed by atoms with Gasteiger partial charge >= 0.3 is 0 Å². The quantitative estimate of drug-likeness (QED) is 0.885. The molecule has 2 unspecified atom stereocenters. The molecular weight excluding hydrogens is 231 g/mol. The van der Waals surface area contributed by atoms with Crippen LogP contribution >= 0.6 is 11.6 Å². The zero-order chi connectivity index (χ0) is 11.5. The minimum absolute atomic E-state index is 0.168. The fourth-order valence-corrected chi connectivity index (χ4v) is 2.18. The molecule has 1 aromatic carbocycles. The van der Waals surface area contributed by atoms with E-state index in [1.54, 1.807) is 6.07 Å². The minimum Gasteiger partial charge on any atom is -0.392 e. The zero-order valence-corrected chi connectivity index (χ0v) is 9.58. The Morgan fingerprint density at radius 3 is 3.00 bits per heavy atom. The number of benzene rings is 1. The van der Waals surface area contributed by atoms with E-state index in [0.717, 1.165) is 12.0 Å². The summed E-state index contributed by atoms with van der Waals surface area (Å²) >= 11 is 5.90. The Balaban J connectivity index is 2.02. The number of aliphatic hydroxyl groups is 1. The van der Waals surface area contributed by atoms with Gasteiger partial charge in [-0.15, -0.1) is 0 Å². The first-order chi connectivity index (χ1) is 7.66. The second-order valence-electron chi connectivity index (χ2n) is 4.13. The molecule has 1 N–H and O–H groups in total. The van der Waals surface area contributed by atoms with Crippen molar-refractivity contribution in [3.8, 4) is 0 Å². The molecule has 2 rings (SSSR count). The lowest BCUT2D eigenvalue weighted by molar-refractivity contribution is 0.0919. The lowest BCUT2D eigenvalue weighted by atomic mass is 9.95. The molecule has 0 saturated carbocycles. The lowest BCUT2D eigenvalue weighted by Gasteiger charge is -2.16. The Morgan fingerprint density at radius 1 is 1.56 bits per heavy atom. The van der Waals surface area contributed by atoms with Gasteiger partial charge < -0.3 is 9.84 Å². The highest BCUT2D eigenvalue weighted by Crippen LogP contribution is 2.24. The van der Waals surface area contributed by atoms with Gasteiger partial charge in [-0.05, 0) is 24.1 Å². The van der Waals surface area contributed by atoms with Crippen LogP contribution in [0.25, 0.3) is 0 Å². The summed E-state index contributed by atoms with van der Waals surface area (Å²) in [4.78, 5) is 0. The van der Waals surface area contributed by atoms with Crippen molar-refractivity contribution in [3.63, 3.8) is 0 Å². The van der Waals surface area contributed by atoms with Gasteiger partial charge in [-0.25, -0.2) is 4.39 Å². The molecule has 0 aromatic heterocycles. The van der Waals surface area contributed by atoms with Gasteiger partial charge in [-0.3, -0.25) is 0 Å². The molecule has 1 aromatic rings. The van der Waals surface area contributed by atoms with Crippen molar-refractivity contribution in [2.24, 2.45) is 5.92 Å². The Hall–Kier alpha value is -0.640. The van der Waals surface area contributed by atoms with E-state index in [1.807, 2.05) is 0 Å². The summed E-state index contributed by atoms with van der Waals surface area (Å²) < 4.78 is 18.0. The SMILES string of the molecule is OC(Cc1ccc(F)cc1Cl)C1CCOC1. The monoisotopic (exact) mass is 244 g/mol. The van der Waals surface area contributed by atoms with Crippen molar-refractivity contribution >= 4 is 11.6 Å². The van der Waals surface area contributed by atoms with E-state index in [1.165, 1.54) is 12.1 Å². The van der Waals surface area contributed by atoms with Gasteiger partial charge in [0.1, 0.15) is 5.82 Å². The van der Waals surface area contributed by atoms with Crippen molar-refractivity contribution in [1.82, 2.24) is 0 Å². The first-order valence-electron chi connectivity index (χ1n) is 5.36. The molecule has 1 aliphatic rings. The molecule has 2 atom stereocenters. The molecule has 0 spiro atoms. The van der Waals surface area contributed by atoms with Gasteiger partial charge in [-0.1, -0.05) is 17.7 Å². The molecule has 1 saturated heterocycles. The lowest BCUT2D eigenvalue weighted by Crippen LogP contribution is -2.23. The van der Waals surface area contributed by atoms with Crippen LogP contribution in [0.4, 0.5) is 4.39 Å². The predicted molar refractivity (Wildman–Crippen MR) is 60.0 cm³/mol. The third-order valence-corrected chi connectivity index (χ3v) is 3.31. The van der Waals surface area contributed by atoms with Crippen molar-refractivity contribution in [1.29, 1.82) is 0 Å². The summed E-state index contributed by atoms with van der Waals surface area (Å²) in [5.41, 5.74) is 0.780. The molecule has 88 valence electrons. The maximum atomic E-state index is 12.8. The van der Waals surface area contributed by atoms with Crippen LogP contribution in [0.2, 0.25) is 5.02 Å². The number of halogens is 2. The summed E-state index contributed by atoms with van der Waals surface area (Å²) in [6, 6.07) is 4.25. The first kappa shape index (κ1) is 11.8. The van der Waals surface area contributed by atoms with Crippen LogP contribution in [-0.4, -0.2) is 24.4 Å². The maximum Gasteiger partial charge on any atom is 0.124 e. The van der Waals surface area contributed by atoms with E-state index in [0.29, 0.717) is 24.7 Å². The van der Waals surface area contributed by atoms with E-state index in [2.05, 4.69) is 0 Å². The molecule has 2 nitrogen and oxygen atoms in total. The largest absolute Gasteiger partial charge is 0.392 e. The van der Waals surface area contributed by atoms with Gasteiger partial charge in [-0.2, -0.15) is 0 Å². The molecule has 16 heavy (non-hydrogen) atoms. The molecule has 0 bridgehead atoms. The van der Waals surface area contributed by atoms with E-state index >= 15 is 0 Å². The summed E-state index contributed by atoms with van der Waals surface area (Å²) in [6.45, 7) is 1.30. The van der Waals surface area contributed by atoms with Gasteiger partial charge in [0.05, 0.1) is 12.7 Å². The van der Waals surface area contributed by atoms with E-state index in [9.17, 15) is 9.50 Å². The maximum absolute atomic E-state index is 12.8. The molecule has 0 amide bonds. The molecule has 4 heteroatoms. The average Bonchev–Trinajstić information content (AvgIpc) is 2.75. The van der Waals surface area contributed by atoms with E-state index in [-0.39, 0.29) is 11.7 Å². The molecule has 1 fully saturated rings. The first-order valence-corrected chi connectivity index (χ1v) is 5.74. The highest BCUT2D eigenvalue weighted by Gasteiger charge is 2.24. The minimum atomic E-state index is -0.467. The normalized spacial score (nSPS) is 22.3. The van der Waals surface area contributed by atoms with Gasteiger partial charge in [0.2, 0.25) is 0 Å². The van der Waals surface area contributed by atoms with E-state index < -0.39 is 6.10 Å². The number of ether oxygens (including phenoxy) is 1. The fraction of sp³-hybridized carbons (Fsp3) is 0.500. The second kappa shape index (κ2) is 5.13. The van der Waals surface area contributed by atoms with Crippen molar-refractivity contribution < 1.29 is 14.2 Å². The Bertz CT molecular complexity index is 364. The predicted octanol–water partition coefficient (Wildman–Crippen LogP) is 2.42. The van der Waals surface area contributed by atoms with Gasteiger partial charge in [0.15, 0.2) is 0 Å². The highest BCUT2D eigenvalue weighted by molar-refractivity contribution is 6.31. The topological polar surface area (TPSA) is 29.5 Å². The molecule has 1 heterocycles. The third kappa shape index (κ3) is 2.73. The Kier molecular flexibility index (Phi) is 3.79. The standard InChI is InChI=1S/C12H14ClFO2/c13-11-6-10(14)2-1-8(11)5-12(15)9-3-4-16-7-9/h1-2,6,9,12,15H,3-5,7H2. The van der Waals surface area contributed by atoms with Gasteiger partial charge in [0.25, 0.3) is 0 Å². The molecule has 1 aliphatic heterocycles. The van der Waals surface area contributed by atoms with Crippen LogP contribution in [0.1, 0.15) is 12.0 Å². The van der Waals surface area contributed by atoms with Crippen LogP contribution in [0, 0.1) is 11.7 Å². The van der Waals surface area contributed by atoms with Crippen LogP contribution in [0.3, 0.4) is 0 Å². The summed E-state index contributed by atoms with van der Waals surface area (Å²) in [5, 5.41) is 10.3. The fourth-order valence-electron chi connectivity index (χ4n) is 1.94. The van der Waals surface area contributed by atoms with Crippen LogP contribution < -0.4 is 0 Å². The summed E-state index contributed by atoms with van der Waals surface area (Å²) in [7, 11) is 0. The molecule has 0 aliphatic carbocycles. The van der Waals surface area contributed by atoms with Crippen molar-refractivity contribution in [2.45, 2.75) is 18.9 Å². The Morgan fingerprint density at radius 2 is 2.38 bits per heavy atom.